The molecule has 2 heterocycles. The number of nitrogens with one attached hydrogen (secondary N) is 1. The first-order valence-corrected chi connectivity index (χ1v) is 11.7. The third kappa shape index (κ3) is 6.59. The number of aryl methyl sites for hydroxylation is 3. The summed E-state index contributed by atoms with van der Waals surface area (Å²) in [5.74, 6) is 1.56. The summed E-state index contributed by atoms with van der Waals surface area (Å²) in [6.07, 6.45) is 5.18. The average Bonchev–Trinajstić information content (AvgIpc) is 3.21. The molecule has 0 aliphatic carbocycles. The fourth-order valence-corrected chi connectivity index (χ4v) is 4.00. The summed E-state index contributed by atoms with van der Waals surface area (Å²) >= 11 is 1.61. The fourth-order valence-electron chi connectivity index (χ4n) is 3.47. The Morgan fingerprint density at radius 1 is 1.27 bits per heavy atom. The first-order valence-electron chi connectivity index (χ1n) is 10.5. The highest BCUT2D eigenvalue weighted by molar-refractivity contribution is 7.98. The topological polar surface area (TPSA) is 101 Å². The third-order valence-electron chi connectivity index (χ3n) is 4.99. The van der Waals surface area contributed by atoms with E-state index in [0.29, 0.717) is 38.3 Å². The van der Waals surface area contributed by atoms with Crippen molar-refractivity contribution in [2.24, 2.45) is 5.92 Å². The van der Waals surface area contributed by atoms with Crippen LogP contribution in [0.1, 0.15) is 55.9 Å². The molecule has 2 aromatic heterocycles. The number of hydrogen-bond acceptors (Lipinski definition) is 6. The normalized spacial score (nSPS) is 11.1. The van der Waals surface area contributed by atoms with Gasteiger partial charge in [-0.1, -0.05) is 25.6 Å². The van der Waals surface area contributed by atoms with Gasteiger partial charge in [-0.15, -0.1) is 10.2 Å². The third-order valence-corrected chi connectivity index (χ3v) is 5.66. The van der Waals surface area contributed by atoms with Crippen LogP contribution in [-0.4, -0.2) is 43.3 Å². The highest BCUT2D eigenvalue weighted by Gasteiger charge is 2.14. The van der Waals surface area contributed by atoms with Gasteiger partial charge < -0.3 is 9.88 Å². The maximum atomic E-state index is 12.3. The Bertz CT molecular complexity index is 879. The molecule has 0 atom stereocenters. The molecule has 2 rings (SSSR count). The van der Waals surface area contributed by atoms with E-state index < -0.39 is 0 Å². The van der Waals surface area contributed by atoms with Gasteiger partial charge >= 0.3 is 0 Å². The van der Waals surface area contributed by atoms with E-state index in [1.54, 1.807) is 11.8 Å². The molecule has 8 nitrogen and oxygen atoms in total. The summed E-state index contributed by atoms with van der Waals surface area (Å²) in [5, 5.41) is 25.8. The largest absolute Gasteiger partial charge is 0.356 e. The van der Waals surface area contributed by atoms with Gasteiger partial charge in [-0.25, -0.2) is 0 Å². The Hall–Kier alpha value is -2.34. The van der Waals surface area contributed by atoms with E-state index in [4.69, 9.17) is 5.26 Å². The Morgan fingerprint density at radius 3 is 2.70 bits per heavy atom. The zero-order valence-electron chi connectivity index (χ0n) is 18.7. The van der Waals surface area contributed by atoms with Crippen LogP contribution in [0.3, 0.4) is 0 Å². The number of aromatic nitrogens is 5. The van der Waals surface area contributed by atoms with Gasteiger partial charge in [0.2, 0.25) is 5.91 Å². The minimum Gasteiger partial charge on any atom is -0.356 e. The van der Waals surface area contributed by atoms with Crippen LogP contribution in [0.25, 0.3) is 0 Å². The van der Waals surface area contributed by atoms with Gasteiger partial charge in [0, 0.05) is 31.6 Å². The van der Waals surface area contributed by atoms with E-state index in [1.807, 2.05) is 24.8 Å². The highest BCUT2D eigenvalue weighted by Crippen LogP contribution is 2.17. The second kappa shape index (κ2) is 11.7. The van der Waals surface area contributed by atoms with Crippen LogP contribution in [0.15, 0.2) is 5.16 Å². The SMILES string of the molecule is CSc1nnc(CCCNC(=O)CCc2c(C)nn(CCC#N)c2C)n1CC(C)C. The molecule has 0 aliphatic heterocycles. The first kappa shape index (κ1) is 23.9. The predicted octanol–water partition coefficient (Wildman–Crippen LogP) is 3.06. The van der Waals surface area contributed by atoms with Crippen LogP contribution in [0.2, 0.25) is 0 Å². The molecular formula is C21H33N7OS. The summed E-state index contributed by atoms with van der Waals surface area (Å²) in [6, 6.07) is 2.14. The minimum atomic E-state index is 0.0482. The second-order valence-corrected chi connectivity index (χ2v) is 8.61. The van der Waals surface area contributed by atoms with Crippen LogP contribution in [-0.2, 0) is 30.7 Å². The zero-order valence-corrected chi connectivity index (χ0v) is 19.6. The van der Waals surface area contributed by atoms with Crippen molar-refractivity contribution >= 4 is 17.7 Å². The van der Waals surface area contributed by atoms with Crippen molar-refractivity contribution < 1.29 is 4.79 Å². The van der Waals surface area contributed by atoms with Gasteiger partial charge in [-0.3, -0.25) is 9.48 Å². The van der Waals surface area contributed by atoms with Crippen LogP contribution in [0, 0.1) is 31.1 Å². The minimum absolute atomic E-state index is 0.0482. The van der Waals surface area contributed by atoms with Crippen molar-refractivity contribution in [2.45, 2.75) is 78.0 Å². The molecule has 0 spiro atoms. The summed E-state index contributed by atoms with van der Waals surface area (Å²) in [7, 11) is 0. The fraction of sp³-hybridized carbons (Fsp3) is 0.667. The van der Waals surface area contributed by atoms with Gasteiger partial charge in [0.15, 0.2) is 5.16 Å². The molecule has 0 bridgehead atoms. The summed E-state index contributed by atoms with van der Waals surface area (Å²) in [6.45, 7) is 10.5. The lowest BCUT2D eigenvalue weighted by atomic mass is 10.1. The molecule has 1 amide bonds. The molecular weight excluding hydrogens is 398 g/mol. The number of thioether (sulfide) groups is 1. The molecule has 0 fully saturated rings. The molecule has 164 valence electrons. The lowest BCUT2D eigenvalue weighted by Crippen LogP contribution is -2.25. The van der Waals surface area contributed by atoms with Gasteiger partial charge in [-0.2, -0.15) is 10.4 Å². The molecule has 0 unspecified atom stereocenters. The van der Waals surface area contributed by atoms with E-state index in [1.165, 1.54) is 0 Å². The molecule has 0 aromatic carbocycles. The van der Waals surface area contributed by atoms with E-state index in [9.17, 15) is 4.79 Å². The molecule has 0 saturated carbocycles. The Kier molecular flexibility index (Phi) is 9.37. The number of nitriles is 1. The maximum absolute atomic E-state index is 12.3. The molecule has 2 aromatic rings. The van der Waals surface area contributed by atoms with Crippen molar-refractivity contribution in [1.29, 1.82) is 5.26 Å². The highest BCUT2D eigenvalue weighted by atomic mass is 32.2. The van der Waals surface area contributed by atoms with E-state index >= 15 is 0 Å². The number of rotatable bonds is 12. The molecule has 30 heavy (non-hydrogen) atoms. The predicted molar refractivity (Wildman–Crippen MR) is 118 cm³/mol. The van der Waals surface area contributed by atoms with E-state index in [0.717, 1.165) is 47.3 Å². The van der Waals surface area contributed by atoms with Crippen molar-refractivity contribution in [1.82, 2.24) is 29.9 Å². The number of amides is 1. The van der Waals surface area contributed by atoms with Gasteiger partial charge in [0.05, 0.1) is 24.7 Å². The van der Waals surface area contributed by atoms with Crippen molar-refractivity contribution in [3.05, 3.63) is 22.8 Å². The van der Waals surface area contributed by atoms with Crippen molar-refractivity contribution in [3.63, 3.8) is 0 Å². The summed E-state index contributed by atoms with van der Waals surface area (Å²) in [4.78, 5) is 12.3. The first-order chi connectivity index (χ1) is 14.4. The van der Waals surface area contributed by atoms with Gasteiger partial charge in [-0.05, 0) is 44.4 Å². The quantitative estimate of drug-likeness (QED) is 0.409. The Labute approximate surface area is 183 Å². The number of hydrogen-bond donors (Lipinski definition) is 1. The standard InChI is InChI=1S/C21H33N7OS/c1-15(2)14-27-19(24-25-21(27)30-5)8-6-12-23-20(29)10-9-18-16(3)26-28(17(18)4)13-7-11-22/h15H,6-10,12-14H2,1-5H3,(H,23,29). The monoisotopic (exact) mass is 431 g/mol. The lowest BCUT2D eigenvalue weighted by molar-refractivity contribution is -0.121. The van der Waals surface area contributed by atoms with Gasteiger partial charge in [0.25, 0.3) is 0 Å². The van der Waals surface area contributed by atoms with E-state index in [-0.39, 0.29) is 5.91 Å². The Morgan fingerprint density at radius 2 is 2.03 bits per heavy atom. The second-order valence-electron chi connectivity index (χ2n) is 7.84. The lowest BCUT2D eigenvalue weighted by Gasteiger charge is -2.11. The molecule has 0 aliphatic rings. The van der Waals surface area contributed by atoms with Crippen LogP contribution < -0.4 is 5.32 Å². The average molecular weight is 432 g/mol. The van der Waals surface area contributed by atoms with Gasteiger partial charge in [0.1, 0.15) is 5.82 Å². The maximum Gasteiger partial charge on any atom is 0.220 e. The number of carbonyl (C=O) groups is 1. The molecule has 0 saturated heterocycles. The van der Waals surface area contributed by atoms with Crippen LogP contribution in [0.5, 0.6) is 0 Å². The zero-order chi connectivity index (χ0) is 22.1. The summed E-state index contributed by atoms with van der Waals surface area (Å²) < 4.78 is 4.05. The number of carbonyl (C=O) groups excluding carboxylic acids is 1. The van der Waals surface area contributed by atoms with E-state index in [2.05, 4.69) is 45.1 Å². The molecule has 1 N–H and O–H groups in total. The smallest absolute Gasteiger partial charge is 0.220 e. The van der Waals surface area contributed by atoms with Crippen LogP contribution >= 0.6 is 11.8 Å². The summed E-state index contributed by atoms with van der Waals surface area (Å²) in [5.41, 5.74) is 3.09. The molecule has 9 heteroatoms. The number of nitrogens with zero attached hydrogens (tertiary/aromatic N) is 6. The van der Waals surface area contributed by atoms with Crippen LogP contribution in [0.4, 0.5) is 0 Å². The molecule has 0 radical (unpaired) electrons. The van der Waals surface area contributed by atoms with Crippen molar-refractivity contribution in [2.75, 3.05) is 12.8 Å². The Balaban J connectivity index is 1.78. The van der Waals surface area contributed by atoms with Crippen molar-refractivity contribution in [3.8, 4) is 6.07 Å².